The van der Waals surface area contributed by atoms with E-state index >= 15 is 0 Å². The lowest BCUT2D eigenvalue weighted by Gasteiger charge is -2.38. The van der Waals surface area contributed by atoms with Gasteiger partial charge in [0.25, 0.3) is 0 Å². The number of carbonyl (C=O) groups is 1. The molecule has 0 aliphatic heterocycles. The minimum atomic E-state index is -0.916. The Hall–Kier alpha value is -2.60. The van der Waals surface area contributed by atoms with Crippen LogP contribution in [0.1, 0.15) is 36.1 Å². The number of hydrogen-bond acceptors (Lipinski definition) is 5. The summed E-state index contributed by atoms with van der Waals surface area (Å²) in [6.45, 7) is 6.01. The SMILES string of the molecule is COc1ccc(C(OCC(C)(C)C(=O)SCCO)(c2ccccc2)c2ccc(C)cc2)cc1. The zero-order chi connectivity index (χ0) is 23.9. The van der Waals surface area contributed by atoms with Gasteiger partial charge in [0.1, 0.15) is 11.4 Å². The molecule has 1 atom stereocenters. The number of aryl methyl sites for hydroxylation is 1. The lowest BCUT2D eigenvalue weighted by molar-refractivity contribution is -0.124. The van der Waals surface area contributed by atoms with Gasteiger partial charge in [0.05, 0.1) is 25.7 Å². The summed E-state index contributed by atoms with van der Waals surface area (Å²) >= 11 is 1.14. The average Bonchev–Trinajstić information content (AvgIpc) is 2.84. The first-order chi connectivity index (χ1) is 15.8. The highest BCUT2D eigenvalue weighted by Crippen LogP contribution is 2.42. The molecule has 1 N–H and O–H groups in total. The molecule has 3 rings (SSSR count). The zero-order valence-electron chi connectivity index (χ0n) is 19.7. The third-order valence-corrected chi connectivity index (χ3v) is 6.86. The molecule has 0 spiro atoms. The third-order valence-electron chi connectivity index (χ3n) is 5.66. The van der Waals surface area contributed by atoms with Crippen LogP contribution in [-0.2, 0) is 15.1 Å². The van der Waals surface area contributed by atoms with Crippen LogP contribution in [0.3, 0.4) is 0 Å². The summed E-state index contributed by atoms with van der Waals surface area (Å²) in [5.41, 5.74) is 2.41. The minimum Gasteiger partial charge on any atom is -0.497 e. The maximum Gasteiger partial charge on any atom is 0.196 e. The number of aliphatic hydroxyl groups is 1. The number of carbonyl (C=O) groups excluding carboxylic acids is 1. The average molecular weight is 465 g/mol. The number of hydrogen-bond donors (Lipinski definition) is 1. The van der Waals surface area contributed by atoms with Gasteiger partial charge in [0, 0.05) is 5.75 Å². The molecule has 4 nitrogen and oxygen atoms in total. The van der Waals surface area contributed by atoms with E-state index in [0.29, 0.717) is 5.75 Å². The van der Waals surface area contributed by atoms with Crippen molar-refractivity contribution in [3.63, 3.8) is 0 Å². The van der Waals surface area contributed by atoms with Crippen molar-refractivity contribution in [2.75, 3.05) is 26.1 Å². The summed E-state index contributed by atoms with van der Waals surface area (Å²) in [7, 11) is 1.65. The van der Waals surface area contributed by atoms with E-state index in [-0.39, 0.29) is 18.3 Å². The van der Waals surface area contributed by atoms with Crippen molar-refractivity contribution in [1.82, 2.24) is 0 Å². The van der Waals surface area contributed by atoms with Crippen molar-refractivity contribution in [3.8, 4) is 5.75 Å². The first kappa shape index (κ1) is 25.0. The van der Waals surface area contributed by atoms with Crippen LogP contribution in [0.5, 0.6) is 5.75 Å². The number of methoxy groups -OCH3 is 1. The van der Waals surface area contributed by atoms with Gasteiger partial charge < -0.3 is 14.6 Å². The van der Waals surface area contributed by atoms with Crippen LogP contribution in [0, 0.1) is 12.3 Å². The maximum atomic E-state index is 12.8. The highest BCUT2D eigenvalue weighted by atomic mass is 32.2. The van der Waals surface area contributed by atoms with E-state index in [2.05, 4.69) is 43.3 Å². The van der Waals surface area contributed by atoms with E-state index in [1.54, 1.807) is 7.11 Å². The Kier molecular flexibility index (Phi) is 8.35. The molecule has 0 aliphatic rings. The van der Waals surface area contributed by atoms with Crippen molar-refractivity contribution in [2.45, 2.75) is 26.4 Å². The molecule has 0 aliphatic carbocycles. The Labute approximate surface area is 201 Å². The van der Waals surface area contributed by atoms with Crippen molar-refractivity contribution in [3.05, 3.63) is 101 Å². The van der Waals surface area contributed by atoms with Gasteiger partial charge in [-0.1, -0.05) is 84.1 Å². The number of aliphatic hydroxyl groups excluding tert-OH is 1. The lowest BCUT2D eigenvalue weighted by atomic mass is 9.79. The summed E-state index contributed by atoms with van der Waals surface area (Å²) in [6.07, 6.45) is 0. The summed E-state index contributed by atoms with van der Waals surface area (Å²) in [6, 6.07) is 26.3. The fraction of sp³-hybridized carbons (Fsp3) is 0.321. The lowest BCUT2D eigenvalue weighted by Crippen LogP contribution is -2.38. The molecule has 0 amide bonds. The molecule has 3 aromatic rings. The second kappa shape index (κ2) is 11.0. The molecule has 0 heterocycles. The zero-order valence-corrected chi connectivity index (χ0v) is 20.5. The fourth-order valence-electron chi connectivity index (χ4n) is 3.72. The summed E-state index contributed by atoms with van der Waals surface area (Å²) in [5, 5.41) is 9.13. The van der Waals surface area contributed by atoms with Gasteiger partial charge in [-0.25, -0.2) is 0 Å². The topological polar surface area (TPSA) is 55.8 Å². The van der Waals surface area contributed by atoms with Crippen molar-refractivity contribution < 1.29 is 19.4 Å². The molecule has 174 valence electrons. The van der Waals surface area contributed by atoms with E-state index in [4.69, 9.17) is 14.6 Å². The molecule has 0 saturated heterocycles. The Balaban J connectivity index is 2.14. The summed E-state index contributed by atoms with van der Waals surface area (Å²) < 4.78 is 12.2. The van der Waals surface area contributed by atoms with Crippen molar-refractivity contribution in [1.29, 1.82) is 0 Å². The molecule has 1 unspecified atom stereocenters. The van der Waals surface area contributed by atoms with Gasteiger partial charge in [-0.2, -0.15) is 0 Å². The Morgan fingerprint density at radius 2 is 1.42 bits per heavy atom. The molecule has 0 bridgehead atoms. The van der Waals surface area contributed by atoms with Gasteiger partial charge in [-0.3, -0.25) is 4.79 Å². The van der Waals surface area contributed by atoms with Crippen LogP contribution < -0.4 is 4.74 Å². The molecule has 5 heteroatoms. The molecule has 0 fully saturated rings. The molecule has 0 radical (unpaired) electrons. The molecular formula is C28H32O4S. The Morgan fingerprint density at radius 3 is 1.97 bits per heavy atom. The van der Waals surface area contributed by atoms with E-state index in [0.717, 1.165) is 39.8 Å². The molecule has 0 saturated carbocycles. The van der Waals surface area contributed by atoms with Gasteiger partial charge in [0.2, 0.25) is 0 Å². The highest BCUT2D eigenvalue weighted by molar-refractivity contribution is 8.13. The third kappa shape index (κ3) is 5.67. The second-order valence-electron chi connectivity index (χ2n) is 8.67. The van der Waals surface area contributed by atoms with Crippen molar-refractivity contribution >= 4 is 16.9 Å². The second-order valence-corrected chi connectivity index (χ2v) is 9.74. The number of benzene rings is 3. The number of rotatable bonds is 10. The van der Waals surface area contributed by atoms with Crippen molar-refractivity contribution in [2.24, 2.45) is 5.41 Å². The smallest absolute Gasteiger partial charge is 0.196 e. The summed E-state index contributed by atoms with van der Waals surface area (Å²) in [4.78, 5) is 12.8. The molecular weight excluding hydrogens is 432 g/mol. The molecule has 33 heavy (non-hydrogen) atoms. The number of thioether (sulfide) groups is 1. The van der Waals surface area contributed by atoms with E-state index in [1.807, 2.05) is 56.3 Å². The summed E-state index contributed by atoms with van der Waals surface area (Å²) in [5.74, 6) is 1.14. The standard InChI is InChI=1S/C28H32O4S/c1-21-10-12-23(13-11-21)28(22-8-6-5-7-9-22,24-14-16-25(31-4)17-15-24)32-20-27(2,3)26(30)33-19-18-29/h5-17,29H,18-20H2,1-4H3. The predicted molar refractivity (Wildman–Crippen MR) is 135 cm³/mol. The maximum absolute atomic E-state index is 12.8. The Bertz CT molecular complexity index is 1030. The van der Waals surface area contributed by atoms with Crippen LogP contribution in [0.15, 0.2) is 78.9 Å². The van der Waals surface area contributed by atoms with Crippen LogP contribution >= 0.6 is 11.8 Å². The quantitative estimate of drug-likeness (QED) is 0.396. The predicted octanol–water partition coefficient (Wildman–Crippen LogP) is 5.59. The molecule has 3 aromatic carbocycles. The van der Waals surface area contributed by atoms with Crippen LogP contribution in [0.4, 0.5) is 0 Å². The first-order valence-electron chi connectivity index (χ1n) is 11.0. The largest absolute Gasteiger partial charge is 0.497 e. The highest BCUT2D eigenvalue weighted by Gasteiger charge is 2.40. The van der Waals surface area contributed by atoms with Crippen LogP contribution in [0.2, 0.25) is 0 Å². The Morgan fingerprint density at radius 1 is 0.879 bits per heavy atom. The van der Waals surface area contributed by atoms with Gasteiger partial charge in [-0.15, -0.1) is 0 Å². The van der Waals surface area contributed by atoms with Crippen LogP contribution in [0.25, 0.3) is 0 Å². The normalized spacial score (nSPS) is 13.4. The van der Waals surface area contributed by atoms with Crippen LogP contribution in [-0.4, -0.2) is 36.3 Å². The molecule has 0 aromatic heterocycles. The van der Waals surface area contributed by atoms with E-state index in [9.17, 15) is 4.79 Å². The van der Waals surface area contributed by atoms with Gasteiger partial charge in [0.15, 0.2) is 5.12 Å². The number of ether oxygens (including phenoxy) is 2. The van der Waals surface area contributed by atoms with E-state index < -0.39 is 11.0 Å². The minimum absolute atomic E-state index is 0.00264. The van der Waals surface area contributed by atoms with E-state index in [1.165, 1.54) is 0 Å². The first-order valence-corrected chi connectivity index (χ1v) is 12.0. The van der Waals surface area contributed by atoms with Gasteiger partial charge >= 0.3 is 0 Å². The fourth-order valence-corrected chi connectivity index (χ4v) is 4.44. The monoisotopic (exact) mass is 464 g/mol. The van der Waals surface area contributed by atoms with Gasteiger partial charge in [-0.05, 0) is 49.6 Å².